The molecule has 3 heteroatoms. The van der Waals surface area contributed by atoms with E-state index >= 15 is 0 Å². The van der Waals surface area contributed by atoms with Crippen LogP contribution in [-0.2, 0) is 11.2 Å². The Kier molecular flexibility index (Phi) is 5.05. The van der Waals surface area contributed by atoms with Crippen molar-refractivity contribution in [1.29, 1.82) is 0 Å². The summed E-state index contributed by atoms with van der Waals surface area (Å²) in [5.74, 6) is 0.809. The maximum absolute atomic E-state index is 12.4. The first-order valence-electron chi connectivity index (χ1n) is 7.77. The van der Waals surface area contributed by atoms with E-state index in [1.165, 1.54) is 11.3 Å². The number of fused-ring (bicyclic) bond motifs is 1. The van der Waals surface area contributed by atoms with Gasteiger partial charge in [-0.2, -0.15) is 0 Å². The number of rotatable bonds is 5. The van der Waals surface area contributed by atoms with Crippen molar-refractivity contribution in [1.82, 2.24) is 5.32 Å². The summed E-state index contributed by atoms with van der Waals surface area (Å²) < 4.78 is 0. The predicted molar refractivity (Wildman–Crippen MR) is 83.8 cm³/mol. The van der Waals surface area contributed by atoms with Gasteiger partial charge >= 0.3 is 0 Å². The molecule has 2 rings (SSSR count). The van der Waals surface area contributed by atoms with E-state index in [-0.39, 0.29) is 17.9 Å². The van der Waals surface area contributed by atoms with E-state index in [9.17, 15) is 4.79 Å². The van der Waals surface area contributed by atoms with Crippen LogP contribution in [0.4, 0.5) is 5.69 Å². The molecule has 1 aliphatic heterocycles. The lowest BCUT2D eigenvalue weighted by Crippen LogP contribution is -2.44. The van der Waals surface area contributed by atoms with E-state index < -0.39 is 0 Å². The normalized spacial score (nSPS) is 21.2. The summed E-state index contributed by atoms with van der Waals surface area (Å²) in [5, 5.41) is 6.58. The van der Waals surface area contributed by atoms with Crippen LogP contribution in [0, 0.1) is 11.8 Å². The lowest BCUT2D eigenvalue weighted by molar-refractivity contribution is -0.125. The van der Waals surface area contributed by atoms with Gasteiger partial charge in [-0.3, -0.25) is 4.79 Å². The number of nitrogens with one attached hydrogen (secondary N) is 2. The van der Waals surface area contributed by atoms with Crippen molar-refractivity contribution in [2.45, 2.75) is 46.1 Å². The number of anilines is 1. The third-order valence-corrected chi connectivity index (χ3v) is 4.50. The van der Waals surface area contributed by atoms with Crippen LogP contribution in [0.1, 0.15) is 39.2 Å². The Morgan fingerprint density at radius 3 is 2.75 bits per heavy atom. The highest BCUT2D eigenvalue weighted by Gasteiger charge is 2.30. The molecular formula is C17H26N2O. The first-order valence-corrected chi connectivity index (χ1v) is 7.77. The van der Waals surface area contributed by atoms with Gasteiger partial charge in [0.2, 0.25) is 5.91 Å². The van der Waals surface area contributed by atoms with Crippen LogP contribution in [0.5, 0.6) is 0 Å². The fourth-order valence-electron chi connectivity index (χ4n) is 2.87. The van der Waals surface area contributed by atoms with Crippen LogP contribution in [0.15, 0.2) is 24.3 Å². The van der Waals surface area contributed by atoms with E-state index in [2.05, 4.69) is 43.5 Å². The van der Waals surface area contributed by atoms with Crippen molar-refractivity contribution in [2.75, 3.05) is 11.9 Å². The molecule has 1 aliphatic rings. The van der Waals surface area contributed by atoms with Crippen LogP contribution < -0.4 is 10.6 Å². The minimum atomic E-state index is 0.0271. The van der Waals surface area contributed by atoms with Gasteiger partial charge in [0.25, 0.3) is 0 Å². The molecule has 0 aliphatic carbocycles. The summed E-state index contributed by atoms with van der Waals surface area (Å²) in [5.41, 5.74) is 2.41. The summed E-state index contributed by atoms with van der Waals surface area (Å²) in [6.45, 7) is 7.26. The molecule has 1 aromatic carbocycles. The second-order valence-corrected chi connectivity index (χ2v) is 5.83. The summed E-state index contributed by atoms with van der Waals surface area (Å²) in [6.07, 6.45) is 3.08. The number of benzene rings is 1. The highest BCUT2D eigenvalue weighted by atomic mass is 16.1. The Balaban J connectivity index is 1.97. The molecule has 0 aromatic heterocycles. The molecule has 0 radical (unpaired) electrons. The maximum atomic E-state index is 12.4. The van der Waals surface area contributed by atoms with Crippen LogP contribution >= 0.6 is 0 Å². The maximum Gasteiger partial charge on any atom is 0.225 e. The Labute approximate surface area is 122 Å². The van der Waals surface area contributed by atoms with Gasteiger partial charge in [0.05, 0.1) is 5.92 Å². The molecule has 0 saturated carbocycles. The third-order valence-electron chi connectivity index (χ3n) is 4.50. The molecule has 20 heavy (non-hydrogen) atoms. The van der Waals surface area contributed by atoms with Crippen LogP contribution in [0.25, 0.3) is 0 Å². The van der Waals surface area contributed by atoms with Crippen molar-refractivity contribution in [3.8, 4) is 0 Å². The lowest BCUT2D eigenvalue weighted by atomic mass is 9.87. The molecule has 1 amide bonds. The molecule has 0 spiro atoms. The van der Waals surface area contributed by atoms with Crippen molar-refractivity contribution in [2.24, 2.45) is 11.8 Å². The van der Waals surface area contributed by atoms with E-state index in [1.807, 2.05) is 12.1 Å². The molecule has 3 nitrogen and oxygen atoms in total. The van der Waals surface area contributed by atoms with Crippen molar-refractivity contribution < 1.29 is 4.79 Å². The molecule has 2 N–H and O–H groups in total. The molecule has 110 valence electrons. The average Bonchev–Trinajstić information content (AvgIpc) is 2.47. The summed E-state index contributed by atoms with van der Waals surface area (Å²) >= 11 is 0. The summed E-state index contributed by atoms with van der Waals surface area (Å²) in [6, 6.07) is 8.45. The molecule has 1 heterocycles. The SMILES string of the molecule is CCC(CC)CNC(=O)C1Cc2ccccc2NC1C. The van der Waals surface area contributed by atoms with Gasteiger partial charge in [0.15, 0.2) is 0 Å². The van der Waals surface area contributed by atoms with Crippen molar-refractivity contribution >= 4 is 11.6 Å². The molecule has 2 unspecified atom stereocenters. The molecule has 1 aromatic rings. The molecule has 0 saturated heterocycles. The topological polar surface area (TPSA) is 41.1 Å². The monoisotopic (exact) mass is 274 g/mol. The van der Waals surface area contributed by atoms with E-state index in [1.54, 1.807) is 0 Å². The first kappa shape index (κ1) is 14.9. The Bertz CT molecular complexity index is 454. The fourth-order valence-corrected chi connectivity index (χ4v) is 2.87. The van der Waals surface area contributed by atoms with Gasteiger partial charge in [0, 0.05) is 18.3 Å². The van der Waals surface area contributed by atoms with Gasteiger partial charge in [-0.15, -0.1) is 0 Å². The zero-order valence-corrected chi connectivity index (χ0v) is 12.8. The van der Waals surface area contributed by atoms with Gasteiger partial charge in [-0.1, -0.05) is 44.9 Å². The molecule has 2 atom stereocenters. The molecule has 0 fully saturated rings. The van der Waals surface area contributed by atoms with Gasteiger partial charge in [0.1, 0.15) is 0 Å². The smallest absolute Gasteiger partial charge is 0.225 e. The van der Waals surface area contributed by atoms with E-state index in [0.717, 1.165) is 25.8 Å². The van der Waals surface area contributed by atoms with Crippen molar-refractivity contribution in [3.63, 3.8) is 0 Å². The first-order chi connectivity index (χ1) is 9.65. The second-order valence-electron chi connectivity index (χ2n) is 5.83. The number of carbonyl (C=O) groups excluding carboxylic acids is 1. The Morgan fingerprint density at radius 1 is 1.35 bits per heavy atom. The summed E-state index contributed by atoms with van der Waals surface area (Å²) in [4.78, 5) is 12.4. The number of amides is 1. The largest absolute Gasteiger partial charge is 0.382 e. The second kappa shape index (κ2) is 6.78. The highest BCUT2D eigenvalue weighted by molar-refractivity contribution is 5.81. The quantitative estimate of drug-likeness (QED) is 0.865. The number of carbonyl (C=O) groups is 1. The highest BCUT2D eigenvalue weighted by Crippen LogP contribution is 2.28. The van der Waals surface area contributed by atoms with Crippen LogP contribution in [0.3, 0.4) is 0 Å². The average molecular weight is 274 g/mol. The van der Waals surface area contributed by atoms with Gasteiger partial charge in [-0.25, -0.2) is 0 Å². The number of para-hydroxylation sites is 1. The standard InChI is InChI=1S/C17H26N2O/c1-4-13(5-2)11-18-17(20)15-10-14-8-6-7-9-16(14)19-12(15)3/h6-9,12-13,15,19H,4-5,10-11H2,1-3H3,(H,18,20). The van der Waals surface area contributed by atoms with E-state index in [0.29, 0.717) is 5.92 Å². The minimum absolute atomic E-state index is 0.0271. The molecular weight excluding hydrogens is 248 g/mol. The lowest BCUT2D eigenvalue weighted by Gasteiger charge is -2.32. The predicted octanol–water partition coefficient (Wildman–Crippen LogP) is 3.21. The zero-order chi connectivity index (χ0) is 14.5. The number of hydrogen-bond acceptors (Lipinski definition) is 2. The van der Waals surface area contributed by atoms with E-state index in [4.69, 9.17) is 0 Å². The Hall–Kier alpha value is -1.51. The Morgan fingerprint density at radius 2 is 2.05 bits per heavy atom. The fraction of sp³-hybridized carbons (Fsp3) is 0.588. The number of hydrogen-bond donors (Lipinski definition) is 2. The van der Waals surface area contributed by atoms with Crippen LogP contribution in [-0.4, -0.2) is 18.5 Å². The summed E-state index contributed by atoms with van der Waals surface area (Å²) in [7, 11) is 0. The van der Waals surface area contributed by atoms with Crippen LogP contribution in [0.2, 0.25) is 0 Å². The minimum Gasteiger partial charge on any atom is -0.382 e. The van der Waals surface area contributed by atoms with Gasteiger partial charge < -0.3 is 10.6 Å². The molecule has 0 bridgehead atoms. The zero-order valence-electron chi connectivity index (χ0n) is 12.8. The van der Waals surface area contributed by atoms with Gasteiger partial charge in [-0.05, 0) is 30.9 Å². The third kappa shape index (κ3) is 3.33. The van der Waals surface area contributed by atoms with Crippen molar-refractivity contribution in [3.05, 3.63) is 29.8 Å².